The van der Waals surface area contributed by atoms with E-state index in [0.717, 1.165) is 5.69 Å². The summed E-state index contributed by atoms with van der Waals surface area (Å²) >= 11 is 0. The first-order chi connectivity index (χ1) is 12.1. The first-order valence-electron chi connectivity index (χ1n) is 7.81. The number of nitrogens with one attached hydrogen (secondary N) is 1. The van der Waals surface area contributed by atoms with Crippen molar-refractivity contribution in [1.29, 1.82) is 0 Å². The molecule has 1 N–H and O–H groups in total. The smallest absolute Gasteiger partial charge is 0.257 e. The first kappa shape index (κ1) is 16.4. The van der Waals surface area contributed by atoms with Crippen LogP contribution in [0.25, 0.3) is 5.69 Å². The van der Waals surface area contributed by atoms with Crippen LogP contribution in [0, 0.1) is 0 Å². The summed E-state index contributed by atoms with van der Waals surface area (Å²) in [5.74, 6) is -0.274. The molecule has 0 aliphatic heterocycles. The molecule has 2 amide bonds. The number of aromatic nitrogens is 2. The van der Waals surface area contributed by atoms with Gasteiger partial charge in [0.1, 0.15) is 0 Å². The quantitative estimate of drug-likeness (QED) is 0.797. The van der Waals surface area contributed by atoms with E-state index in [1.807, 2.05) is 18.2 Å². The predicted molar refractivity (Wildman–Crippen MR) is 97.0 cm³/mol. The lowest BCUT2D eigenvalue weighted by atomic mass is 10.1. The highest BCUT2D eigenvalue weighted by atomic mass is 16.2. The van der Waals surface area contributed by atoms with Crippen LogP contribution in [-0.4, -0.2) is 28.6 Å². The van der Waals surface area contributed by atoms with E-state index >= 15 is 0 Å². The first-order valence-corrected chi connectivity index (χ1v) is 7.81. The zero-order valence-electron chi connectivity index (χ0n) is 14.0. The SMILES string of the molecule is CC(=O)N(C)c1ccc(NC(=O)c2ccccc2-n2cccn2)cc1. The number of rotatable bonds is 4. The van der Waals surface area contributed by atoms with Gasteiger partial charge in [0.25, 0.3) is 5.91 Å². The molecule has 0 unspecified atom stereocenters. The van der Waals surface area contributed by atoms with Crippen molar-refractivity contribution in [3.63, 3.8) is 0 Å². The molecule has 0 atom stereocenters. The minimum Gasteiger partial charge on any atom is -0.322 e. The maximum atomic E-state index is 12.6. The Morgan fingerprint density at radius 3 is 2.40 bits per heavy atom. The van der Waals surface area contributed by atoms with Gasteiger partial charge in [-0.25, -0.2) is 4.68 Å². The standard InChI is InChI=1S/C19H18N4O2/c1-14(24)22(2)16-10-8-15(9-11-16)21-19(25)17-6-3-4-7-18(17)23-13-5-12-20-23/h3-13H,1-2H3,(H,21,25). The minimum atomic E-state index is -0.223. The second-order valence-electron chi connectivity index (χ2n) is 5.55. The Kier molecular flexibility index (Phi) is 4.61. The number of carbonyl (C=O) groups excluding carboxylic acids is 2. The van der Waals surface area contributed by atoms with Crippen molar-refractivity contribution in [3.05, 3.63) is 72.6 Å². The molecule has 2 aromatic carbocycles. The van der Waals surface area contributed by atoms with Crippen LogP contribution in [0.4, 0.5) is 11.4 Å². The number of hydrogen-bond donors (Lipinski definition) is 1. The largest absolute Gasteiger partial charge is 0.322 e. The molecule has 3 aromatic rings. The third-order valence-electron chi connectivity index (χ3n) is 3.88. The van der Waals surface area contributed by atoms with Crippen LogP contribution in [0.5, 0.6) is 0 Å². The lowest BCUT2D eigenvalue weighted by Crippen LogP contribution is -2.22. The van der Waals surface area contributed by atoms with Gasteiger partial charge in [0, 0.05) is 37.7 Å². The van der Waals surface area contributed by atoms with E-state index in [9.17, 15) is 9.59 Å². The van der Waals surface area contributed by atoms with Crippen molar-refractivity contribution in [2.45, 2.75) is 6.92 Å². The highest BCUT2D eigenvalue weighted by Gasteiger charge is 2.13. The second kappa shape index (κ2) is 7.00. The maximum absolute atomic E-state index is 12.6. The molecular formula is C19H18N4O2. The van der Waals surface area contributed by atoms with Gasteiger partial charge in [-0.15, -0.1) is 0 Å². The molecule has 6 heteroatoms. The third kappa shape index (κ3) is 3.58. The zero-order chi connectivity index (χ0) is 17.8. The Bertz CT molecular complexity index is 886. The van der Waals surface area contributed by atoms with Gasteiger partial charge in [-0.2, -0.15) is 5.10 Å². The van der Waals surface area contributed by atoms with Crippen molar-refractivity contribution in [3.8, 4) is 5.69 Å². The van der Waals surface area contributed by atoms with Gasteiger partial charge < -0.3 is 10.2 Å². The minimum absolute atomic E-state index is 0.0510. The lowest BCUT2D eigenvalue weighted by molar-refractivity contribution is -0.116. The Balaban J connectivity index is 1.81. The molecule has 126 valence electrons. The summed E-state index contributed by atoms with van der Waals surface area (Å²) < 4.78 is 1.65. The van der Waals surface area contributed by atoms with Crippen LogP contribution in [0.2, 0.25) is 0 Å². The molecule has 0 fully saturated rings. The van der Waals surface area contributed by atoms with Gasteiger partial charge >= 0.3 is 0 Å². The lowest BCUT2D eigenvalue weighted by Gasteiger charge is -2.15. The average Bonchev–Trinajstić information content (AvgIpc) is 3.16. The van der Waals surface area contributed by atoms with Crippen LogP contribution >= 0.6 is 0 Å². The van der Waals surface area contributed by atoms with E-state index in [2.05, 4.69) is 10.4 Å². The Morgan fingerprint density at radius 2 is 1.76 bits per heavy atom. The molecule has 0 bridgehead atoms. The van der Waals surface area contributed by atoms with Crippen molar-refractivity contribution >= 4 is 23.2 Å². The van der Waals surface area contributed by atoms with E-state index < -0.39 is 0 Å². The van der Waals surface area contributed by atoms with Crippen LogP contribution in [-0.2, 0) is 4.79 Å². The number of benzene rings is 2. The zero-order valence-corrected chi connectivity index (χ0v) is 14.0. The molecule has 1 aromatic heterocycles. The number of nitrogens with zero attached hydrogens (tertiary/aromatic N) is 3. The number of para-hydroxylation sites is 1. The topological polar surface area (TPSA) is 67.2 Å². The number of anilines is 2. The molecule has 1 heterocycles. The fraction of sp³-hybridized carbons (Fsp3) is 0.105. The van der Waals surface area contributed by atoms with Crippen LogP contribution in [0.1, 0.15) is 17.3 Å². The monoisotopic (exact) mass is 334 g/mol. The summed E-state index contributed by atoms with van der Waals surface area (Å²) in [7, 11) is 1.70. The molecule has 0 aliphatic rings. The molecule has 3 rings (SSSR count). The normalized spacial score (nSPS) is 10.3. The van der Waals surface area contributed by atoms with Crippen molar-refractivity contribution in [2.24, 2.45) is 0 Å². The second-order valence-corrected chi connectivity index (χ2v) is 5.55. The van der Waals surface area contributed by atoms with Gasteiger partial charge in [0.05, 0.1) is 11.3 Å². The highest BCUT2D eigenvalue weighted by molar-refractivity contribution is 6.06. The summed E-state index contributed by atoms with van der Waals surface area (Å²) in [6, 6.07) is 16.2. The van der Waals surface area contributed by atoms with Gasteiger partial charge in [0.15, 0.2) is 0 Å². The van der Waals surface area contributed by atoms with Gasteiger partial charge in [0.2, 0.25) is 5.91 Å². The number of hydrogen-bond acceptors (Lipinski definition) is 3. The summed E-state index contributed by atoms with van der Waals surface area (Å²) in [6.45, 7) is 1.50. The van der Waals surface area contributed by atoms with E-state index in [0.29, 0.717) is 16.9 Å². The summed E-state index contributed by atoms with van der Waals surface area (Å²) in [6.07, 6.45) is 3.46. The third-order valence-corrected chi connectivity index (χ3v) is 3.88. The maximum Gasteiger partial charge on any atom is 0.257 e. The Morgan fingerprint density at radius 1 is 1.04 bits per heavy atom. The fourth-order valence-electron chi connectivity index (χ4n) is 2.43. The van der Waals surface area contributed by atoms with Crippen LogP contribution in [0.15, 0.2) is 67.0 Å². The Labute approximate surface area is 145 Å². The van der Waals surface area contributed by atoms with Gasteiger partial charge in [-0.05, 0) is 42.5 Å². The number of amides is 2. The highest BCUT2D eigenvalue weighted by Crippen LogP contribution is 2.19. The van der Waals surface area contributed by atoms with Crippen LogP contribution in [0.3, 0.4) is 0 Å². The molecular weight excluding hydrogens is 316 g/mol. The molecule has 6 nitrogen and oxygen atoms in total. The predicted octanol–water partition coefficient (Wildman–Crippen LogP) is 3.11. The van der Waals surface area contributed by atoms with E-state index in [4.69, 9.17) is 0 Å². The van der Waals surface area contributed by atoms with E-state index in [1.54, 1.807) is 65.4 Å². The van der Waals surface area contributed by atoms with Crippen molar-refractivity contribution in [2.75, 3.05) is 17.3 Å². The van der Waals surface area contributed by atoms with Gasteiger partial charge in [-0.3, -0.25) is 9.59 Å². The van der Waals surface area contributed by atoms with E-state index in [1.165, 1.54) is 6.92 Å². The van der Waals surface area contributed by atoms with Crippen molar-refractivity contribution < 1.29 is 9.59 Å². The molecule has 0 saturated carbocycles. The number of carbonyl (C=O) groups is 2. The van der Waals surface area contributed by atoms with Crippen LogP contribution < -0.4 is 10.2 Å². The molecule has 25 heavy (non-hydrogen) atoms. The Hall–Kier alpha value is -3.41. The molecule has 0 saturated heterocycles. The fourth-order valence-corrected chi connectivity index (χ4v) is 2.43. The molecule has 0 radical (unpaired) electrons. The summed E-state index contributed by atoms with van der Waals surface area (Å²) in [5, 5.41) is 7.06. The van der Waals surface area contributed by atoms with Crippen molar-refractivity contribution in [1.82, 2.24) is 9.78 Å². The summed E-state index contributed by atoms with van der Waals surface area (Å²) in [4.78, 5) is 25.6. The molecule has 0 spiro atoms. The van der Waals surface area contributed by atoms with Gasteiger partial charge in [-0.1, -0.05) is 12.1 Å². The average molecular weight is 334 g/mol. The molecule has 0 aliphatic carbocycles. The van der Waals surface area contributed by atoms with E-state index in [-0.39, 0.29) is 11.8 Å². The summed E-state index contributed by atoms with van der Waals surface area (Å²) in [5.41, 5.74) is 2.65.